The molecule has 6 aliphatic carbocycles. The van der Waals surface area contributed by atoms with Crippen molar-refractivity contribution >= 4 is 45.9 Å². The SMILES string of the molecule is c1ccc2c(c1)Sc1ccccc1N2c1ccc(N(c2ccc(C34CC5CC(CC(C5)C3)C4)cc2)c2ccc3c(c2)C2(c4ccccc4-c4ccccc42)c2ccccc2-3)cc1. The summed E-state index contributed by atoms with van der Waals surface area (Å²) in [6.45, 7) is 0. The first kappa shape index (κ1) is 35.3. The Hall–Kier alpha value is -6.29. The highest BCUT2D eigenvalue weighted by molar-refractivity contribution is 7.99. The van der Waals surface area contributed by atoms with E-state index in [4.69, 9.17) is 0 Å². The van der Waals surface area contributed by atoms with Gasteiger partial charge < -0.3 is 9.80 Å². The highest BCUT2D eigenvalue weighted by Gasteiger charge is 2.53. The summed E-state index contributed by atoms with van der Waals surface area (Å²) in [7, 11) is 0. The zero-order valence-electron chi connectivity index (χ0n) is 34.7. The van der Waals surface area contributed by atoms with Gasteiger partial charge >= 0.3 is 0 Å². The molecular formula is C59H46N2S. The van der Waals surface area contributed by atoms with E-state index < -0.39 is 5.41 Å². The van der Waals surface area contributed by atoms with Crippen molar-refractivity contribution < 1.29 is 0 Å². The Labute approximate surface area is 368 Å². The van der Waals surface area contributed by atoms with Crippen molar-refractivity contribution in [2.45, 2.75) is 59.1 Å². The smallest absolute Gasteiger partial charge is 0.0726 e. The van der Waals surface area contributed by atoms with Gasteiger partial charge in [-0.2, -0.15) is 0 Å². The van der Waals surface area contributed by atoms with Crippen LogP contribution in [0.1, 0.15) is 66.3 Å². The Kier molecular flexibility index (Phi) is 7.47. The van der Waals surface area contributed by atoms with Crippen LogP contribution in [0.5, 0.6) is 0 Å². The van der Waals surface area contributed by atoms with Crippen LogP contribution >= 0.6 is 11.8 Å². The first-order valence-electron chi connectivity index (χ1n) is 22.8. The summed E-state index contributed by atoms with van der Waals surface area (Å²) in [6, 6.07) is 71.5. The van der Waals surface area contributed by atoms with Gasteiger partial charge in [0.1, 0.15) is 0 Å². The first-order chi connectivity index (χ1) is 30.6. The van der Waals surface area contributed by atoms with Gasteiger partial charge in [-0.25, -0.2) is 0 Å². The lowest BCUT2D eigenvalue weighted by Crippen LogP contribution is -2.48. The van der Waals surface area contributed by atoms with E-state index in [0.29, 0.717) is 5.41 Å². The lowest BCUT2D eigenvalue weighted by atomic mass is 9.48. The van der Waals surface area contributed by atoms with Crippen molar-refractivity contribution in [2.75, 3.05) is 9.80 Å². The minimum Gasteiger partial charge on any atom is -0.310 e. The normalized spacial score (nSPS) is 22.4. The third kappa shape index (κ3) is 4.89. The van der Waals surface area contributed by atoms with Crippen molar-refractivity contribution in [3.8, 4) is 22.3 Å². The molecule has 3 heteroatoms. The number of rotatable bonds is 5. The van der Waals surface area contributed by atoms with E-state index in [1.807, 2.05) is 11.8 Å². The Bertz CT molecular complexity index is 2960. The van der Waals surface area contributed by atoms with E-state index in [1.54, 1.807) is 5.56 Å². The predicted octanol–water partition coefficient (Wildman–Crippen LogP) is 15.9. The fourth-order valence-electron chi connectivity index (χ4n) is 13.8. The first-order valence-corrected chi connectivity index (χ1v) is 23.6. The third-order valence-corrected chi connectivity index (χ3v) is 16.9. The van der Waals surface area contributed by atoms with Crippen molar-refractivity contribution in [3.63, 3.8) is 0 Å². The fourth-order valence-corrected chi connectivity index (χ4v) is 14.9. The number of benzene rings is 8. The Morgan fingerprint density at radius 1 is 0.419 bits per heavy atom. The van der Waals surface area contributed by atoms with Crippen LogP contribution in [0.15, 0.2) is 198 Å². The molecule has 1 spiro atoms. The van der Waals surface area contributed by atoms with Gasteiger partial charge in [0.15, 0.2) is 0 Å². The second-order valence-corrected chi connectivity index (χ2v) is 20.2. The van der Waals surface area contributed by atoms with Crippen LogP contribution in [0.2, 0.25) is 0 Å². The summed E-state index contributed by atoms with van der Waals surface area (Å²) in [4.78, 5) is 7.50. The van der Waals surface area contributed by atoms with Crippen LogP contribution in [0.4, 0.5) is 34.1 Å². The Morgan fingerprint density at radius 3 is 1.39 bits per heavy atom. The molecule has 15 rings (SSSR count). The Morgan fingerprint density at radius 2 is 0.855 bits per heavy atom. The number of para-hydroxylation sites is 2. The van der Waals surface area contributed by atoms with Crippen LogP contribution in [-0.4, -0.2) is 0 Å². The summed E-state index contributed by atoms with van der Waals surface area (Å²) < 4.78 is 0. The summed E-state index contributed by atoms with van der Waals surface area (Å²) in [5.41, 5.74) is 19.5. The summed E-state index contributed by atoms with van der Waals surface area (Å²) in [5.74, 6) is 2.76. The summed E-state index contributed by atoms with van der Waals surface area (Å²) in [5, 5.41) is 0. The molecule has 0 radical (unpaired) electrons. The van der Waals surface area contributed by atoms with E-state index in [2.05, 4.69) is 198 Å². The van der Waals surface area contributed by atoms with E-state index >= 15 is 0 Å². The molecule has 2 nitrogen and oxygen atoms in total. The van der Waals surface area contributed by atoms with Gasteiger partial charge in [-0.3, -0.25) is 0 Å². The van der Waals surface area contributed by atoms with Crippen LogP contribution < -0.4 is 9.80 Å². The minimum absolute atomic E-state index is 0.355. The van der Waals surface area contributed by atoms with E-state index in [0.717, 1.165) is 29.1 Å². The molecule has 298 valence electrons. The van der Waals surface area contributed by atoms with Crippen molar-refractivity contribution in [1.82, 2.24) is 0 Å². The molecule has 0 N–H and O–H groups in total. The molecule has 4 saturated carbocycles. The van der Waals surface area contributed by atoms with Crippen LogP contribution in [-0.2, 0) is 10.8 Å². The molecule has 7 aliphatic rings. The van der Waals surface area contributed by atoms with Gasteiger partial charge in [-0.05, 0) is 185 Å². The fraction of sp³-hybridized carbons (Fsp3) is 0.186. The second kappa shape index (κ2) is 13.1. The number of nitrogens with zero attached hydrogens (tertiary/aromatic N) is 2. The van der Waals surface area contributed by atoms with Crippen molar-refractivity contribution in [1.29, 1.82) is 0 Å². The molecule has 1 aliphatic heterocycles. The van der Waals surface area contributed by atoms with Gasteiger partial charge in [0.05, 0.1) is 16.8 Å². The lowest BCUT2D eigenvalue weighted by Gasteiger charge is -2.57. The van der Waals surface area contributed by atoms with Gasteiger partial charge in [0.2, 0.25) is 0 Å². The van der Waals surface area contributed by atoms with Crippen LogP contribution in [0.25, 0.3) is 22.3 Å². The van der Waals surface area contributed by atoms with E-state index in [-0.39, 0.29) is 0 Å². The molecule has 0 amide bonds. The molecule has 62 heavy (non-hydrogen) atoms. The Balaban J connectivity index is 0.940. The molecule has 0 saturated heterocycles. The molecule has 0 unspecified atom stereocenters. The number of anilines is 6. The monoisotopic (exact) mass is 814 g/mol. The molecular weight excluding hydrogens is 769 g/mol. The highest BCUT2D eigenvalue weighted by Crippen LogP contribution is 2.64. The van der Waals surface area contributed by atoms with Crippen LogP contribution in [0, 0.1) is 17.8 Å². The largest absolute Gasteiger partial charge is 0.310 e. The molecule has 1 heterocycles. The molecule has 8 aromatic carbocycles. The third-order valence-electron chi connectivity index (χ3n) is 15.8. The minimum atomic E-state index is -0.403. The number of hydrogen-bond donors (Lipinski definition) is 0. The number of hydrogen-bond acceptors (Lipinski definition) is 3. The maximum absolute atomic E-state index is 2.53. The topological polar surface area (TPSA) is 6.48 Å². The van der Waals surface area contributed by atoms with Crippen molar-refractivity contribution in [3.05, 3.63) is 216 Å². The number of fused-ring (bicyclic) bond motifs is 12. The standard InChI is InChI=1S/C59H46N2S/c1-4-14-50-46(11-1)47-12-2-5-15-51(47)59(50)52-16-6-3-13-48(52)49-30-29-45(34-53(49)59)60(42-23-21-41(22-24-42)58-35-38-31-39(36-58)33-40(32-38)37-58)43-25-27-44(28-26-43)61-54-17-7-9-19-56(54)62-57-20-10-8-18-55(57)61/h1-30,34,38-40H,31-33,35-37H2. The zero-order chi connectivity index (χ0) is 40.6. The average Bonchev–Trinajstić information content (AvgIpc) is 3.78. The molecule has 0 atom stereocenters. The molecule has 4 bridgehead atoms. The molecule has 0 aromatic heterocycles. The van der Waals surface area contributed by atoms with E-state index in [1.165, 1.54) is 116 Å². The summed E-state index contributed by atoms with van der Waals surface area (Å²) >= 11 is 1.86. The quantitative estimate of drug-likeness (QED) is 0.171. The maximum atomic E-state index is 2.53. The maximum Gasteiger partial charge on any atom is 0.0726 e. The average molecular weight is 815 g/mol. The van der Waals surface area contributed by atoms with E-state index in [9.17, 15) is 0 Å². The lowest BCUT2D eigenvalue weighted by molar-refractivity contribution is -0.00518. The van der Waals surface area contributed by atoms with Gasteiger partial charge in [0, 0.05) is 32.5 Å². The van der Waals surface area contributed by atoms with Crippen molar-refractivity contribution in [2.24, 2.45) is 17.8 Å². The van der Waals surface area contributed by atoms with Crippen LogP contribution in [0.3, 0.4) is 0 Å². The molecule has 4 fully saturated rings. The van der Waals surface area contributed by atoms with Gasteiger partial charge in [-0.1, -0.05) is 127 Å². The highest BCUT2D eigenvalue weighted by atomic mass is 32.2. The van der Waals surface area contributed by atoms with Gasteiger partial charge in [0.25, 0.3) is 0 Å². The summed E-state index contributed by atoms with van der Waals surface area (Å²) in [6.07, 6.45) is 8.52. The predicted molar refractivity (Wildman–Crippen MR) is 256 cm³/mol. The zero-order valence-corrected chi connectivity index (χ0v) is 35.5. The van der Waals surface area contributed by atoms with Gasteiger partial charge in [-0.15, -0.1) is 0 Å². The second-order valence-electron chi connectivity index (χ2n) is 19.1. The molecule has 8 aromatic rings.